The fraction of sp³-hybridized carbons (Fsp3) is 0.769. The maximum atomic E-state index is 10.7. The van der Waals surface area contributed by atoms with E-state index in [-0.39, 0.29) is 18.4 Å². The Balaban J connectivity index is 2.23. The molecule has 1 aliphatic rings. The summed E-state index contributed by atoms with van der Waals surface area (Å²) >= 11 is 1.17. The SMILES string of the molecule is CC1CC(C)CC(n2c(CO)nnc2SCC(=O)O)C1. The van der Waals surface area contributed by atoms with Crippen LogP contribution < -0.4 is 0 Å². The first-order valence-corrected chi connectivity index (χ1v) is 7.89. The molecular formula is C13H21N3O3S. The van der Waals surface area contributed by atoms with Gasteiger partial charge in [0.05, 0.1) is 5.75 Å². The average molecular weight is 299 g/mol. The molecule has 20 heavy (non-hydrogen) atoms. The lowest BCUT2D eigenvalue weighted by molar-refractivity contribution is -0.133. The van der Waals surface area contributed by atoms with Gasteiger partial charge in [0.25, 0.3) is 0 Å². The molecule has 112 valence electrons. The van der Waals surface area contributed by atoms with Gasteiger partial charge < -0.3 is 14.8 Å². The van der Waals surface area contributed by atoms with Gasteiger partial charge in [-0.25, -0.2) is 0 Å². The molecule has 1 aliphatic carbocycles. The minimum atomic E-state index is -0.875. The number of nitrogens with zero attached hydrogens (tertiary/aromatic N) is 3. The molecule has 1 saturated carbocycles. The quantitative estimate of drug-likeness (QED) is 0.808. The minimum absolute atomic E-state index is 0.0403. The highest BCUT2D eigenvalue weighted by Gasteiger charge is 2.29. The standard InChI is InChI=1S/C13H21N3O3S/c1-8-3-9(2)5-10(4-8)16-11(6-17)14-15-13(16)20-7-12(18)19/h8-10,17H,3-7H2,1-2H3,(H,18,19). The maximum absolute atomic E-state index is 10.7. The van der Waals surface area contributed by atoms with E-state index in [1.54, 1.807) is 0 Å². The summed E-state index contributed by atoms with van der Waals surface area (Å²) in [5.41, 5.74) is 0. The molecule has 1 aromatic rings. The fourth-order valence-electron chi connectivity index (χ4n) is 3.12. The van der Waals surface area contributed by atoms with Crippen LogP contribution in [0.4, 0.5) is 0 Å². The first-order valence-electron chi connectivity index (χ1n) is 6.90. The van der Waals surface area contributed by atoms with E-state index in [0.717, 1.165) is 12.8 Å². The van der Waals surface area contributed by atoms with Crippen molar-refractivity contribution in [2.75, 3.05) is 5.75 Å². The molecule has 7 heteroatoms. The lowest BCUT2D eigenvalue weighted by Gasteiger charge is -2.33. The largest absolute Gasteiger partial charge is 0.481 e. The summed E-state index contributed by atoms with van der Waals surface area (Å²) in [6.07, 6.45) is 3.26. The Hall–Kier alpha value is -1.08. The summed E-state index contributed by atoms with van der Waals surface area (Å²) in [7, 11) is 0. The molecule has 0 amide bonds. The van der Waals surface area contributed by atoms with Crippen LogP contribution in [0.2, 0.25) is 0 Å². The van der Waals surface area contributed by atoms with Gasteiger partial charge in [0, 0.05) is 6.04 Å². The summed E-state index contributed by atoms with van der Waals surface area (Å²) in [5.74, 6) is 0.858. The normalized spacial score (nSPS) is 26.6. The number of carbonyl (C=O) groups is 1. The second-order valence-electron chi connectivity index (χ2n) is 5.68. The number of rotatable bonds is 5. The third kappa shape index (κ3) is 3.52. The van der Waals surface area contributed by atoms with Crippen LogP contribution in [0.15, 0.2) is 5.16 Å². The third-order valence-electron chi connectivity index (χ3n) is 3.72. The Bertz CT molecular complexity index is 467. The van der Waals surface area contributed by atoms with Crippen molar-refractivity contribution in [1.82, 2.24) is 14.8 Å². The molecule has 2 atom stereocenters. The van der Waals surface area contributed by atoms with Crippen LogP contribution in [0, 0.1) is 11.8 Å². The van der Waals surface area contributed by atoms with Crippen molar-refractivity contribution in [3.63, 3.8) is 0 Å². The maximum Gasteiger partial charge on any atom is 0.313 e. The van der Waals surface area contributed by atoms with Crippen LogP contribution in [-0.4, -0.2) is 36.7 Å². The van der Waals surface area contributed by atoms with E-state index in [4.69, 9.17) is 5.11 Å². The Morgan fingerprint density at radius 2 is 1.95 bits per heavy atom. The molecule has 0 aromatic carbocycles. The van der Waals surface area contributed by atoms with Crippen molar-refractivity contribution in [3.05, 3.63) is 5.82 Å². The number of aromatic nitrogens is 3. The van der Waals surface area contributed by atoms with Gasteiger partial charge in [-0.05, 0) is 31.1 Å². The highest BCUT2D eigenvalue weighted by Crippen LogP contribution is 2.38. The van der Waals surface area contributed by atoms with E-state index in [9.17, 15) is 9.90 Å². The van der Waals surface area contributed by atoms with E-state index in [2.05, 4.69) is 24.0 Å². The van der Waals surface area contributed by atoms with Crippen LogP contribution in [0.5, 0.6) is 0 Å². The van der Waals surface area contributed by atoms with Crippen LogP contribution >= 0.6 is 11.8 Å². The van der Waals surface area contributed by atoms with Gasteiger partial charge in [-0.2, -0.15) is 0 Å². The number of carboxylic acids is 1. The van der Waals surface area contributed by atoms with Gasteiger partial charge in [0.2, 0.25) is 0 Å². The summed E-state index contributed by atoms with van der Waals surface area (Å²) in [6.45, 7) is 4.30. The van der Waals surface area contributed by atoms with Crippen LogP contribution in [0.1, 0.15) is 45.0 Å². The van der Waals surface area contributed by atoms with Gasteiger partial charge in [0.1, 0.15) is 6.61 Å². The molecule has 0 radical (unpaired) electrons. The van der Waals surface area contributed by atoms with Gasteiger partial charge in [0.15, 0.2) is 11.0 Å². The van der Waals surface area contributed by atoms with Crippen molar-refractivity contribution in [2.45, 2.75) is 50.9 Å². The zero-order valence-corrected chi connectivity index (χ0v) is 12.6. The summed E-state index contributed by atoms with van der Waals surface area (Å²) in [6, 6.07) is 0.252. The second kappa shape index (κ2) is 6.58. The Kier molecular flexibility index (Phi) is 5.04. The number of carboxylic acid groups (broad SMARTS) is 1. The van der Waals surface area contributed by atoms with Gasteiger partial charge in [-0.3, -0.25) is 4.79 Å². The van der Waals surface area contributed by atoms with Crippen molar-refractivity contribution >= 4 is 17.7 Å². The molecule has 0 aliphatic heterocycles. The molecule has 6 nitrogen and oxygen atoms in total. The predicted octanol–water partition coefficient (Wildman–Crippen LogP) is 1.94. The predicted molar refractivity (Wildman–Crippen MR) is 75.5 cm³/mol. The fourth-order valence-corrected chi connectivity index (χ4v) is 3.87. The van der Waals surface area contributed by atoms with E-state index in [1.165, 1.54) is 18.2 Å². The molecule has 0 bridgehead atoms. The molecule has 1 aromatic heterocycles. The topological polar surface area (TPSA) is 88.2 Å². The first kappa shape index (κ1) is 15.3. The smallest absolute Gasteiger partial charge is 0.313 e. The van der Waals surface area contributed by atoms with Crippen molar-refractivity contribution in [1.29, 1.82) is 0 Å². The Morgan fingerprint density at radius 3 is 2.50 bits per heavy atom. The molecule has 1 fully saturated rings. The van der Waals surface area contributed by atoms with Crippen LogP contribution in [0.25, 0.3) is 0 Å². The molecule has 1 heterocycles. The highest BCUT2D eigenvalue weighted by atomic mass is 32.2. The van der Waals surface area contributed by atoms with Crippen molar-refractivity contribution in [3.8, 4) is 0 Å². The molecule has 2 N–H and O–H groups in total. The summed E-state index contributed by atoms with van der Waals surface area (Å²) < 4.78 is 1.94. The molecule has 2 rings (SSSR count). The zero-order valence-electron chi connectivity index (χ0n) is 11.8. The molecule has 2 unspecified atom stereocenters. The lowest BCUT2D eigenvalue weighted by Crippen LogP contribution is -2.24. The molecule has 0 saturated heterocycles. The summed E-state index contributed by atoms with van der Waals surface area (Å²) in [4.78, 5) is 10.7. The lowest BCUT2D eigenvalue weighted by atomic mass is 9.80. The number of aliphatic hydroxyl groups is 1. The zero-order chi connectivity index (χ0) is 14.7. The molecule has 0 spiro atoms. The number of hydrogen-bond acceptors (Lipinski definition) is 5. The second-order valence-corrected chi connectivity index (χ2v) is 6.62. The number of aliphatic carboxylic acids is 1. The number of aliphatic hydroxyl groups excluding tert-OH is 1. The number of hydrogen-bond donors (Lipinski definition) is 2. The average Bonchev–Trinajstić information content (AvgIpc) is 2.77. The van der Waals surface area contributed by atoms with E-state index < -0.39 is 5.97 Å². The van der Waals surface area contributed by atoms with Crippen LogP contribution in [0.3, 0.4) is 0 Å². The Labute approximate surface area is 122 Å². The molecular weight excluding hydrogens is 278 g/mol. The van der Waals surface area contributed by atoms with Gasteiger partial charge in [-0.1, -0.05) is 25.6 Å². The van der Waals surface area contributed by atoms with E-state index in [0.29, 0.717) is 22.8 Å². The highest BCUT2D eigenvalue weighted by molar-refractivity contribution is 7.99. The third-order valence-corrected chi connectivity index (χ3v) is 4.65. The monoisotopic (exact) mass is 299 g/mol. The van der Waals surface area contributed by atoms with E-state index in [1.807, 2.05) is 4.57 Å². The van der Waals surface area contributed by atoms with Crippen LogP contribution in [-0.2, 0) is 11.4 Å². The van der Waals surface area contributed by atoms with Gasteiger partial charge >= 0.3 is 5.97 Å². The Morgan fingerprint density at radius 1 is 1.30 bits per heavy atom. The van der Waals surface area contributed by atoms with Crippen molar-refractivity contribution < 1.29 is 15.0 Å². The van der Waals surface area contributed by atoms with Crippen molar-refractivity contribution in [2.24, 2.45) is 11.8 Å². The van der Waals surface area contributed by atoms with E-state index >= 15 is 0 Å². The van der Waals surface area contributed by atoms with Gasteiger partial charge in [-0.15, -0.1) is 10.2 Å². The summed E-state index contributed by atoms with van der Waals surface area (Å²) in [5, 5.41) is 26.8. The first-order chi connectivity index (χ1) is 9.51. The minimum Gasteiger partial charge on any atom is -0.481 e. The number of thioether (sulfide) groups is 1.